The van der Waals surface area contributed by atoms with E-state index in [1.54, 1.807) is 0 Å². The zero-order valence-corrected chi connectivity index (χ0v) is 10.3. The van der Waals surface area contributed by atoms with Gasteiger partial charge >= 0.3 is 5.97 Å². The Labute approximate surface area is 93.4 Å². The zero-order chi connectivity index (χ0) is 11.7. The summed E-state index contributed by atoms with van der Waals surface area (Å²) in [6.45, 7) is 7.45. The molecule has 0 aromatic heterocycles. The van der Waals surface area contributed by atoms with Gasteiger partial charge in [0, 0.05) is 0 Å². The number of hydrogen-bond acceptors (Lipinski definition) is 3. The molecule has 0 spiro atoms. The molecule has 0 aliphatic rings. The largest absolute Gasteiger partial charge is 0.465 e. The van der Waals surface area contributed by atoms with Crippen molar-refractivity contribution in [3.63, 3.8) is 0 Å². The van der Waals surface area contributed by atoms with Crippen molar-refractivity contribution in [2.24, 2.45) is 17.6 Å². The molecular weight excluding hydrogens is 190 g/mol. The van der Waals surface area contributed by atoms with Crippen LogP contribution in [0.25, 0.3) is 0 Å². The maximum absolute atomic E-state index is 11.4. The Bertz CT molecular complexity index is 169. The van der Waals surface area contributed by atoms with Crippen molar-refractivity contribution in [1.82, 2.24) is 0 Å². The maximum atomic E-state index is 11.4. The molecule has 0 aromatic carbocycles. The number of carbonyl (C=O) groups excluding carboxylic acids is 1. The highest BCUT2D eigenvalue weighted by Crippen LogP contribution is 2.08. The van der Waals surface area contributed by atoms with E-state index in [1.807, 2.05) is 6.92 Å². The van der Waals surface area contributed by atoms with Crippen LogP contribution in [0.4, 0.5) is 0 Å². The van der Waals surface area contributed by atoms with E-state index in [9.17, 15) is 4.79 Å². The fourth-order valence-electron chi connectivity index (χ4n) is 1.35. The lowest BCUT2D eigenvalue weighted by Crippen LogP contribution is -2.16. The van der Waals surface area contributed by atoms with E-state index in [4.69, 9.17) is 10.5 Å². The third-order valence-corrected chi connectivity index (χ3v) is 2.41. The minimum absolute atomic E-state index is 0.00685. The Morgan fingerprint density at radius 1 is 1.20 bits per heavy atom. The zero-order valence-electron chi connectivity index (χ0n) is 10.3. The van der Waals surface area contributed by atoms with Gasteiger partial charge in [0.2, 0.25) is 0 Å². The van der Waals surface area contributed by atoms with Crippen LogP contribution in [0, 0.1) is 11.8 Å². The van der Waals surface area contributed by atoms with Crippen molar-refractivity contribution in [2.45, 2.75) is 46.5 Å². The predicted octanol–water partition coefficient (Wildman–Crippen LogP) is 2.34. The summed E-state index contributed by atoms with van der Waals surface area (Å²) < 4.78 is 5.17. The number of esters is 1. The summed E-state index contributed by atoms with van der Waals surface area (Å²) >= 11 is 0. The molecule has 0 aliphatic carbocycles. The summed E-state index contributed by atoms with van der Waals surface area (Å²) in [7, 11) is 0. The first-order chi connectivity index (χ1) is 7.07. The highest BCUT2D eigenvalue weighted by atomic mass is 16.5. The lowest BCUT2D eigenvalue weighted by atomic mass is 10.1. The summed E-state index contributed by atoms with van der Waals surface area (Å²) in [6, 6.07) is 0. The molecule has 0 aliphatic heterocycles. The molecule has 1 atom stereocenters. The van der Waals surface area contributed by atoms with Crippen LogP contribution in [-0.4, -0.2) is 19.1 Å². The third kappa shape index (κ3) is 8.43. The van der Waals surface area contributed by atoms with Gasteiger partial charge in [-0.2, -0.15) is 0 Å². The van der Waals surface area contributed by atoms with Crippen LogP contribution in [0.5, 0.6) is 0 Å². The number of nitrogens with two attached hydrogens (primary N) is 1. The minimum atomic E-state index is -0.0767. The first-order valence-electron chi connectivity index (χ1n) is 5.94. The molecule has 0 saturated carbocycles. The molecule has 15 heavy (non-hydrogen) atoms. The van der Waals surface area contributed by atoms with Gasteiger partial charge < -0.3 is 10.5 Å². The van der Waals surface area contributed by atoms with E-state index in [2.05, 4.69) is 13.8 Å². The van der Waals surface area contributed by atoms with Gasteiger partial charge in [0.1, 0.15) is 0 Å². The fourth-order valence-corrected chi connectivity index (χ4v) is 1.35. The van der Waals surface area contributed by atoms with Crippen LogP contribution in [-0.2, 0) is 9.53 Å². The van der Waals surface area contributed by atoms with E-state index >= 15 is 0 Å². The highest BCUT2D eigenvalue weighted by molar-refractivity contribution is 5.71. The van der Waals surface area contributed by atoms with Crippen LogP contribution in [0.1, 0.15) is 46.5 Å². The second kappa shape index (κ2) is 8.72. The first kappa shape index (κ1) is 14.4. The normalized spacial score (nSPS) is 12.9. The van der Waals surface area contributed by atoms with Crippen molar-refractivity contribution in [3.05, 3.63) is 0 Å². The Kier molecular flexibility index (Phi) is 8.38. The predicted molar refractivity (Wildman–Crippen MR) is 62.5 cm³/mol. The molecule has 0 heterocycles. The monoisotopic (exact) mass is 215 g/mol. The SMILES string of the molecule is CC(C)CCCOC(=O)C(C)CCCN. The van der Waals surface area contributed by atoms with Gasteiger partial charge in [-0.3, -0.25) is 4.79 Å². The molecule has 90 valence electrons. The van der Waals surface area contributed by atoms with E-state index in [-0.39, 0.29) is 11.9 Å². The summed E-state index contributed by atoms with van der Waals surface area (Å²) in [4.78, 5) is 11.4. The molecular formula is C12H25NO2. The molecule has 0 radical (unpaired) electrons. The second-order valence-corrected chi connectivity index (χ2v) is 4.54. The Morgan fingerprint density at radius 3 is 2.40 bits per heavy atom. The number of ether oxygens (including phenoxy) is 1. The summed E-state index contributed by atoms with van der Waals surface area (Å²) in [5.41, 5.74) is 5.38. The Balaban J connectivity index is 3.47. The maximum Gasteiger partial charge on any atom is 0.308 e. The van der Waals surface area contributed by atoms with Gasteiger partial charge in [-0.15, -0.1) is 0 Å². The third-order valence-electron chi connectivity index (χ3n) is 2.41. The number of rotatable bonds is 8. The van der Waals surface area contributed by atoms with E-state index in [1.165, 1.54) is 0 Å². The molecule has 3 nitrogen and oxygen atoms in total. The number of carbonyl (C=O) groups is 1. The van der Waals surface area contributed by atoms with Crippen LogP contribution in [0.15, 0.2) is 0 Å². The van der Waals surface area contributed by atoms with Gasteiger partial charge in [0.05, 0.1) is 12.5 Å². The lowest BCUT2D eigenvalue weighted by Gasteiger charge is -2.11. The second-order valence-electron chi connectivity index (χ2n) is 4.54. The van der Waals surface area contributed by atoms with Crippen molar-refractivity contribution < 1.29 is 9.53 Å². The lowest BCUT2D eigenvalue weighted by molar-refractivity contribution is -0.148. The highest BCUT2D eigenvalue weighted by Gasteiger charge is 2.13. The molecule has 2 N–H and O–H groups in total. The topological polar surface area (TPSA) is 52.3 Å². The molecule has 0 aromatic rings. The molecule has 0 bridgehead atoms. The average Bonchev–Trinajstić information content (AvgIpc) is 2.20. The van der Waals surface area contributed by atoms with Gasteiger partial charge in [-0.1, -0.05) is 20.8 Å². The van der Waals surface area contributed by atoms with Crippen LogP contribution < -0.4 is 5.73 Å². The van der Waals surface area contributed by atoms with Crippen molar-refractivity contribution in [1.29, 1.82) is 0 Å². The molecule has 0 amide bonds. The van der Waals surface area contributed by atoms with Gasteiger partial charge in [-0.05, 0) is 38.1 Å². The van der Waals surface area contributed by atoms with Crippen LogP contribution >= 0.6 is 0 Å². The molecule has 0 saturated heterocycles. The standard InChI is InChI=1S/C12H25NO2/c1-10(2)6-5-9-15-12(14)11(3)7-4-8-13/h10-11H,4-9,13H2,1-3H3. The van der Waals surface area contributed by atoms with E-state index in [0.29, 0.717) is 19.1 Å². The van der Waals surface area contributed by atoms with Gasteiger partial charge in [0.15, 0.2) is 0 Å². The summed E-state index contributed by atoms with van der Waals surface area (Å²) in [5, 5.41) is 0. The van der Waals surface area contributed by atoms with E-state index in [0.717, 1.165) is 25.7 Å². The molecule has 0 rings (SSSR count). The smallest absolute Gasteiger partial charge is 0.308 e. The Hall–Kier alpha value is -0.570. The van der Waals surface area contributed by atoms with Crippen LogP contribution in [0.2, 0.25) is 0 Å². The summed E-state index contributed by atoms with van der Waals surface area (Å²) in [5.74, 6) is 0.596. The molecule has 3 heteroatoms. The molecule has 1 unspecified atom stereocenters. The van der Waals surface area contributed by atoms with Crippen molar-refractivity contribution >= 4 is 5.97 Å². The van der Waals surface area contributed by atoms with E-state index < -0.39 is 0 Å². The minimum Gasteiger partial charge on any atom is -0.465 e. The van der Waals surface area contributed by atoms with Gasteiger partial charge in [0.25, 0.3) is 0 Å². The van der Waals surface area contributed by atoms with Crippen molar-refractivity contribution in [2.75, 3.05) is 13.2 Å². The Morgan fingerprint density at radius 2 is 1.87 bits per heavy atom. The van der Waals surface area contributed by atoms with Crippen LogP contribution in [0.3, 0.4) is 0 Å². The number of hydrogen-bond donors (Lipinski definition) is 1. The fraction of sp³-hybridized carbons (Fsp3) is 0.917. The van der Waals surface area contributed by atoms with Crippen molar-refractivity contribution in [3.8, 4) is 0 Å². The van der Waals surface area contributed by atoms with Gasteiger partial charge in [-0.25, -0.2) is 0 Å². The molecule has 0 fully saturated rings. The average molecular weight is 215 g/mol. The quantitative estimate of drug-likeness (QED) is 0.499. The summed E-state index contributed by atoms with van der Waals surface area (Å²) in [6.07, 6.45) is 3.80. The first-order valence-corrected chi connectivity index (χ1v) is 5.94.